The molecule has 0 saturated heterocycles. The number of amides is 2. The van der Waals surface area contributed by atoms with Crippen molar-refractivity contribution in [3.63, 3.8) is 0 Å². The van der Waals surface area contributed by atoms with Crippen LogP contribution in [-0.4, -0.2) is 46.5 Å². The molecule has 2 amide bonds. The molecule has 0 spiro atoms. The van der Waals surface area contributed by atoms with E-state index in [0.717, 1.165) is 4.68 Å². The summed E-state index contributed by atoms with van der Waals surface area (Å²) in [5.41, 5.74) is -0.334. The Morgan fingerprint density at radius 1 is 1.00 bits per heavy atom. The van der Waals surface area contributed by atoms with Crippen molar-refractivity contribution in [2.75, 3.05) is 23.4 Å². The molecular formula is C26H21F2N5O5. The van der Waals surface area contributed by atoms with Crippen LogP contribution < -0.4 is 24.8 Å². The summed E-state index contributed by atoms with van der Waals surface area (Å²) in [4.78, 5) is 46.7. The Balaban J connectivity index is 1.49. The average Bonchev–Trinajstić information content (AvgIpc) is 3.23. The number of alkyl halides is 2. The van der Waals surface area contributed by atoms with Crippen LogP contribution in [0.25, 0.3) is 10.8 Å². The third-order valence-corrected chi connectivity index (χ3v) is 5.97. The minimum atomic E-state index is -3.80. The van der Waals surface area contributed by atoms with Crippen LogP contribution in [0.1, 0.15) is 17.4 Å². The number of carbonyl (C=O) groups is 2. The highest BCUT2D eigenvalue weighted by atomic mass is 19.3. The Bertz CT molecular complexity index is 1610. The number of halogens is 2. The van der Waals surface area contributed by atoms with Gasteiger partial charge in [-0.1, -0.05) is 24.3 Å². The molecule has 10 nitrogen and oxygen atoms in total. The molecule has 5 rings (SSSR count). The molecule has 2 aromatic heterocycles. The van der Waals surface area contributed by atoms with E-state index in [2.05, 4.69) is 19.6 Å². The number of nitrogens with zero attached hydrogens (tertiary/aromatic N) is 5. The quantitative estimate of drug-likeness (QED) is 0.383. The van der Waals surface area contributed by atoms with E-state index >= 15 is 0 Å². The summed E-state index contributed by atoms with van der Waals surface area (Å²) in [7, 11) is 1.53. The first-order chi connectivity index (χ1) is 18.2. The number of rotatable bonds is 6. The molecule has 4 aromatic rings. The first-order valence-electron chi connectivity index (χ1n) is 11.6. The van der Waals surface area contributed by atoms with Gasteiger partial charge in [-0.2, -0.15) is 5.10 Å². The fourth-order valence-electron chi connectivity index (χ4n) is 4.14. The second-order valence-corrected chi connectivity index (χ2v) is 8.35. The fraction of sp³-hybridized carbons (Fsp3) is 0.192. The lowest BCUT2D eigenvalue weighted by atomic mass is 10.1. The van der Waals surface area contributed by atoms with Gasteiger partial charge in [-0.05, 0) is 37.3 Å². The van der Waals surface area contributed by atoms with Gasteiger partial charge in [-0.3, -0.25) is 19.3 Å². The molecule has 0 N–H and O–H groups in total. The van der Waals surface area contributed by atoms with E-state index in [1.165, 1.54) is 35.0 Å². The van der Waals surface area contributed by atoms with Gasteiger partial charge in [-0.15, -0.1) is 8.78 Å². The molecule has 38 heavy (non-hydrogen) atoms. The van der Waals surface area contributed by atoms with Crippen LogP contribution in [-0.2, 0) is 11.3 Å². The monoisotopic (exact) mass is 521 g/mol. The van der Waals surface area contributed by atoms with Gasteiger partial charge in [0.1, 0.15) is 12.4 Å². The zero-order valence-electron chi connectivity index (χ0n) is 20.3. The van der Waals surface area contributed by atoms with Crippen molar-refractivity contribution in [3.8, 4) is 11.5 Å². The molecular weight excluding hydrogens is 500 g/mol. The fourth-order valence-corrected chi connectivity index (χ4v) is 4.14. The average molecular weight is 521 g/mol. The Morgan fingerprint density at radius 2 is 1.71 bits per heavy atom. The van der Waals surface area contributed by atoms with Crippen molar-refractivity contribution in [2.45, 2.75) is 19.8 Å². The van der Waals surface area contributed by atoms with Gasteiger partial charge in [0, 0.05) is 36.9 Å². The minimum Gasteiger partial charge on any atom is -0.395 e. The predicted molar refractivity (Wildman–Crippen MR) is 134 cm³/mol. The minimum absolute atomic E-state index is 0.0329. The van der Waals surface area contributed by atoms with E-state index in [1.54, 1.807) is 55.6 Å². The molecule has 2 aromatic carbocycles. The number of hydrogen-bond donors (Lipinski definition) is 0. The van der Waals surface area contributed by atoms with Gasteiger partial charge in [0.2, 0.25) is 5.91 Å². The van der Waals surface area contributed by atoms with Crippen LogP contribution in [0.2, 0.25) is 0 Å². The number of ether oxygens (including phenoxy) is 2. The molecule has 0 saturated carbocycles. The lowest BCUT2D eigenvalue weighted by Crippen LogP contribution is -2.39. The van der Waals surface area contributed by atoms with Gasteiger partial charge < -0.3 is 14.4 Å². The second-order valence-electron chi connectivity index (χ2n) is 8.35. The lowest BCUT2D eigenvalue weighted by Gasteiger charge is -2.22. The van der Waals surface area contributed by atoms with Crippen molar-refractivity contribution in [2.24, 2.45) is 0 Å². The van der Waals surface area contributed by atoms with Crippen molar-refractivity contribution >= 4 is 34.1 Å². The summed E-state index contributed by atoms with van der Waals surface area (Å²) in [5.74, 6) is -1.08. The van der Waals surface area contributed by atoms with Crippen LogP contribution in [0.4, 0.5) is 20.3 Å². The molecule has 12 heteroatoms. The van der Waals surface area contributed by atoms with E-state index in [4.69, 9.17) is 0 Å². The van der Waals surface area contributed by atoms with E-state index < -0.39 is 30.2 Å². The Kier molecular flexibility index (Phi) is 6.23. The van der Waals surface area contributed by atoms with Gasteiger partial charge in [-0.25, -0.2) is 9.67 Å². The molecule has 0 atom stereocenters. The van der Waals surface area contributed by atoms with Crippen molar-refractivity contribution in [1.29, 1.82) is 0 Å². The molecule has 0 unspecified atom stereocenters. The normalized spacial score (nSPS) is 13.4. The molecule has 194 valence electrons. The first kappa shape index (κ1) is 24.8. The van der Waals surface area contributed by atoms with Crippen molar-refractivity contribution in [3.05, 3.63) is 82.9 Å². The molecule has 0 radical (unpaired) electrons. The van der Waals surface area contributed by atoms with E-state index in [0.29, 0.717) is 11.2 Å². The summed E-state index contributed by atoms with van der Waals surface area (Å²) >= 11 is 0. The number of hydrogen-bond acceptors (Lipinski definition) is 7. The number of benzene rings is 2. The third kappa shape index (κ3) is 4.51. The number of pyridine rings is 1. The smallest absolute Gasteiger partial charge is 0.395 e. The van der Waals surface area contributed by atoms with E-state index in [1.807, 2.05) is 0 Å². The number of carbonyl (C=O) groups excluding carboxylic acids is 2. The molecule has 0 aliphatic carbocycles. The molecule has 0 fully saturated rings. The zero-order chi connectivity index (χ0) is 27.0. The summed E-state index contributed by atoms with van der Waals surface area (Å²) in [6, 6.07) is 15.5. The summed E-state index contributed by atoms with van der Waals surface area (Å²) in [6.07, 6.45) is -2.25. The van der Waals surface area contributed by atoms with E-state index in [-0.39, 0.29) is 34.8 Å². The summed E-state index contributed by atoms with van der Waals surface area (Å²) in [5, 5.41) is 4.81. The molecule has 1 aliphatic heterocycles. The molecule has 1 aliphatic rings. The topological polar surface area (TPSA) is 107 Å². The predicted octanol–water partition coefficient (Wildman–Crippen LogP) is 3.44. The third-order valence-electron chi connectivity index (χ3n) is 5.97. The summed E-state index contributed by atoms with van der Waals surface area (Å²) < 4.78 is 36.7. The van der Waals surface area contributed by atoms with Gasteiger partial charge in [0.15, 0.2) is 17.2 Å². The number of likely N-dealkylation sites (N-methyl/N-ethyl adjacent to an activating group) is 1. The Hall–Kier alpha value is -4.87. The largest absolute Gasteiger partial charge is 0.586 e. The zero-order valence-corrected chi connectivity index (χ0v) is 20.3. The highest BCUT2D eigenvalue weighted by Gasteiger charge is 2.43. The summed E-state index contributed by atoms with van der Waals surface area (Å²) in [6.45, 7) is 1.34. The number of anilines is 2. The maximum absolute atomic E-state index is 13.4. The number of aromatic nitrogens is 3. The molecule has 0 bridgehead atoms. The van der Waals surface area contributed by atoms with Crippen LogP contribution in [0.15, 0.2) is 71.7 Å². The SMILES string of the molecule is CCN(C(=O)Cn1nc(C(=O)N(C)c2ccccn2)c2ccccc2c1=O)c1ccc2c(c1)OC(F)(F)O2. The van der Waals surface area contributed by atoms with Crippen LogP contribution in [0.5, 0.6) is 11.5 Å². The van der Waals surface area contributed by atoms with E-state index in [9.17, 15) is 23.2 Å². The highest BCUT2D eigenvalue weighted by molar-refractivity contribution is 6.11. The Morgan fingerprint density at radius 3 is 2.42 bits per heavy atom. The maximum atomic E-state index is 13.4. The maximum Gasteiger partial charge on any atom is 0.586 e. The van der Waals surface area contributed by atoms with Gasteiger partial charge in [0.05, 0.1) is 5.39 Å². The van der Waals surface area contributed by atoms with Crippen molar-refractivity contribution in [1.82, 2.24) is 14.8 Å². The first-order valence-corrected chi connectivity index (χ1v) is 11.6. The van der Waals surface area contributed by atoms with Crippen molar-refractivity contribution < 1.29 is 27.8 Å². The molecule has 3 heterocycles. The number of fused-ring (bicyclic) bond motifs is 2. The van der Waals surface area contributed by atoms with Gasteiger partial charge in [0.25, 0.3) is 11.5 Å². The van der Waals surface area contributed by atoms with Crippen LogP contribution in [0, 0.1) is 0 Å². The Labute approximate surface area is 214 Å². The second kappa shape index (κ2) is 9.54. The highest BCUT2D eigenvalue weighted by Crippen LogP contribution is 2.42. The standard InChI is InChI=1S/C26H21F2N5O5/c1-3-32(16-11-12-19-20(14-16)38-26(27,28)37-19)22(34)15-33-24(35)18-9-5-4-8-17(18)23(30-33)25(36)31(2)21-10-6-7-13-29-21/h4-14H,3,15H2,1-2H3. The lowest BCUT2D eigenvalue weighted by molar-refractivity contribution is -0.286. The van der Waals surface area contributed by atoms with Gasteiger partial charge >= 0.3 is 6.29 Å². The van der Waals surface area contributed by atoms with Crippen LogP contribution >= 0.6 is 0 Å². The van der Waals surface area contributed by atoms with Crippen LogP contribution in [0.3, 0.4) is 0 Å².